The minimum Gasteiger partial charge on any atom is -0.356 e. The molecule has 2 aliphatic rings. The molecule has 0 bridgehead atoms. The van der Waals surface area contributed by atoms with Gasteiger partial charge in [0.15, 0.2) is 0 Å². The van der Waals surface area contributed by atoms with Crippen molar-refractivity contribution in [2.75, 3.05) is 31.1 Å². The second kappa shape index (κ2) is 9.72. The van der Waals surface area contributed by atoms with Crippen LogP contribution in [0.3, 0.4) is 0 Å². The molecule has 0 unspecified atom stereocenters. The highest BCUT2D eigenvalue weighted by molar-refractivity contribution is 7.89. The zero-order valence-corrected chi connectivity index (χ0v) is 19.9. The highest BCUT2D eigenvalue weighted by Crippen LogP contribution is 2.32. The summed E-state index contributed by atoms with van der Waals surface area (Å²) >= 11 is 1.69. The normalized spacial score (nSPS) is 17.3. The molecule has 2 amide bonds. The molecule has 3 heterocycles. The number of fused-ring (bicyclic) bond motifs is 1. The summed E-state index contributed by atoms with van der Waals surface area (Å²) in [4.78, 5) is 27.2. The Labute approximate surface area is 193 Å². The van der Waals surface area contributed by atoms with Crippen LogP contribution in [0.1, 0.15) is 36.6 Å². The Morgan fingerprint density at radius 1 is 1.16 bits per heavy atom. The number of carbonyl (C=O) groups is 2. The summed E-state index contributed by atoms with van der Waals surface area (Å²) in [7, 11) is -3.58. The first kappa shape index (κ1) is 22.9. The number of thiophene rings is 1. The molecule has 1 saturated heterocycles. The molecule has 1 fully saturated rings. The van der Waals surface area contributed by atoms with Gasteiger partial charge < -0.3 is 10.2 Å². The zero-order chi connectivity index (χ0) is 22.7. The molecule has 1 aromatic heterocycles. The van der Waals surface area contributed by atoms with Gasteiger partial charge >= 0.3 is 0 Å². The number of piperidine rings is 1. The SMILES string of the molecule is CC(=O)N1CCc2cc(S(=O)(=O)N3CCC(CC(=O)NCCc4cccs4)CC3)ccc21. The van der Waals surface area contributed by atoms with Crippen LogP contribution in [-0.4, -0.2) is 50.7 Å². The van der Waals surface area contributed by atoms with Crippen LogP contribution in [0.2, 0.25) is 0 Å². The Morgan fingerprint density at radius 2 is 1.94 bits per heavy atom. The van der Waals surface area contributed by atoms with Crippen molar-refractivity contribution in [1.82, 2.24) is 9.62 Å². The lowest BCUT2D eigenvalue weighted by Gasteiger charge is -2.31. The number of nitrogens with zero attached hydrogens (tertiary/aromatic N) is 2. The standard InChI is InChI=1S/C23H29N3O4S2/c1-17(27)26-13-9-19-16-21(4-5-22(19)26)32(29,30)25-11-7-18(8-12-25)15-23(28)24-10-6-20-3-2-14-31-20/h2-5,14,16,18H,6-13,15H2,1H3,(H,24,28). The molecular weight excluding hydrogens is 446 g/mol. The Balaban J connectivity index is 1.29. The maximum absolute atomic E-state index is 13.2. The lowest BCUT2D eigenvalue weighted by Crippen LogP contribution is -2.39. The second-order valence-electron chi connectivity index (χ2n) is 8.44. The summed E-state index contributed by atoms with van der Waals surface area (Å²) in [6.07, 6.45) is 3.31. The lowest BCUT2D eigenvalue weighted by atomic mass is 9.94. The summed E-state index contributed by atoms with van der Waals surface area (Å²) in [5, 5.41) is 5.01. The van der Waals surface area contributed by atoms with Crippen molar-refractivity contribution in [3.8, 4) is 0 Å². The fourth-order valence-corrected chi connectivity index (χ4v) is 6.71. The van der Waals surface area contributed by atoms with Crippen molar-refractivity contribution >= 4 is 38.9 Å². The molecular formula is C23H29N3O4S2. The molecule has 0 atom stereocenters. The third-order valence-electron chi connectivity index (χ3n) is 6.29. The largest absolute Gasteiger partial charge is 0.356 e. The highest BCUT2D eigenvalue weighted by Gasteiger charge is 2.32. The van der Waals surface area contributed by atoms with Gasteiger partial charge in [0.2, 0.25) is 21.8 Å². The third kappa shape index (κ3) is 5.05. The first-order valence-corrected chi connectivity index (χ1v) is 13.4. The zero-order valence-electron chi connectivity index (χ0n) is 18.2. The minimum atomic E-state index is -3.58. The number of sulfonamides is 1. The van der Waals surface area contributed by atoms with Gasteiger partial charge in [-0.3, -0.25) is 9.59 Å². The Kier molecular flexibility index (Phi) is 6.97. The van der Waals surface area contributed by atoms with Crippen molar-refractivity contribution in [2.24, 2.45) is 5.92 Å². The molecule has 0 aliphatic carbocycles. The van der Waals surface area contributed by atoms with E-state index in [1.54, 1.807) is 34.4 Å². The van der Waals surface area contributed by atoms with Crippen molar-refractivity contribution in [3.05, 3.63) is 46.2 Å². The molecule has 4 rings (SSSR count). The van der Waals surface area contributed by atoms with E-state index in [-0.39, 0.29) is 22.6 Å². The highest BCUT2D eigenvalue weighted by atomic mass is 32.2. The molecule has 32 heavy (non-hydrogen) atoms. The smallest absolute Gasteiger partial charge is 0.243 e. The van der Waals surface area contributed by atoms with Crippen molar-refractivity contribution in [1.29, 1.82) is 0 Å². The predicted octanol–water partition coefficient (Wildman–Crippen LogP) is 2.81. The molecule has 2 aliphatic heterocycles. The van der Waals surface area contributed by atoms with E-state index in [9.17, 15) is 18.0 Å². The Morgan fingerprint density at radius 3 is 2.62 bits per heavy atom. The van der Waals surface area contributed by atoms with E-state index in [4.69, 9.17) is 0 Å². The topological polar surface area (TPSA) is 86.8 Å². The second-order valence-corrected chi connectivity index (χ2v) is 11.4. The number of hydrogen-bond acceptors (Lipinski definition) is 5. The molecule has 1 N–H and O–H groups in total. The van der Waals surface area contributed by atoms with Gasteiger partial charge in [-0.1, -0.05) is 6.07 Å². The molecule has 172 valence electrons. The van der Waals surface area contributed by atoms with Gasteiger partial charge in [-0.05, 0) is 66.8 Å². The first-order chi connectivity index (χ1) is 15.3. The number of amides is 2. The average Bonchev–Trinajstić information content (AvgIpc) is 3.43. The summed E-state index contributed by atoms with van der Waals surface area (Å²) in [6, 6.07) is 9.12. The maximum Gasteiger partial charge on any atom is 0.243 e. The van der Waals surface area contributed by atoms with Crippen molar-refractivity contribution in [3.63, 3.8) is 0 Å². The number of carbonyl (C=O) groups excluding carboxylic acids is 2. The van der Waals surface area contributed by atoms with Gasteiger partial charge in [0.05, 0.1) is 4.90 Å². The third-order valence-corrected chi connectivity index (χ3v) is 9.12. The van der Waals surface area contributed by atoms with Gasteiger partial charge in [0, 0.05) is 50.1 Å². The lowest BCUT2D eigenvalue weighted by molar-refractivity contribution is -0.122. The fraction of sp³-hybridized carbons (Fsp3) is 0.478. The van der Waals surface area contributed by atoms with Crippen LogP contribution in [0.15, 0.2) is 40.6 Å². The van der Waals surface area contributed by atoms with Gasteiger partial charge in [-0.2, -0.15) is 4.31 Å². The Hall–Kier alpha value is -2.23. The molecule has 0 radical (unpaired) electrons. The van der Waals surface area contributed by atoms with Crippen LogP contribution in [-0.2, 0) is 32.5 Å². The first-order valence-electron chi connectivity index (χ1n) is 11.0. The van der Waals surface area contributed by atoms with Crippen LogP contribution in [0.25, 0.3) is 0 Å². The maximum atomic E-state index is 13.2. The summed E-state index contributed by atoms with van der Waals surface area (Å²) in [5.41, 5.74) is 1.70. The molecule has 1 aromatic carbocycles. The molecule has 9 heteroatoms. The minimum absolute atomic E-state index is 0.0306. The fourth-order valence-electron chi connectivity index (χ4n) is 4.48. The van der Waals surface area contributed by atoms with E-state index >= 15 is 0 Å². The quantitative estimate of drug-likeness (QED) is 0.667. The number of hydrogen-bond donors (Lipinski definition) is 1. The molecule has 0 spiro atoms. The van der Waals surface area contributed by atoms with Crippen LogP contribution >= 0.6 is 11.3 Å². The van der Waals surface area contributed by atoms with Crippen LogP contribution < -0.4 is 10.2 Å². The van der Waals surface area contributed by atoms with E-state index < -0.39 is 10.0 Å². The number of nitrogens with one attached hydrogen (secondary N) is 1. The van der Waals surface area contributed by atoms with Crippen LogP contribution in [0, 0.1) is 5.92 Å². The van der Waals surface area contributed by atoms with Gasteiger partial charge in [-0.25, -0.2) is 8.42 Å². The molecule has 0 saturated carbocycles. The van der Waals surface area contributed by atoms with E-state index in [0.717, 1.165) is 17.7 Å². The average molecular weight is 476 g/mol. The monoisotopic (exact) mass is 475 g/mol. The molecule has 7 nitrogen and oxygen atoms in total. The molecule has 2 aromatic rings. The van der Waals surface area contributed by atoms with Crippen LogP contribution in [0.4, 0.5) is 5.69 Å². The summed E-state index contributed by atoms with van der Waals surface area (Å²) in [5.74, 6) is 0.209. The van der Waals surface area contributed by atoms with Crippen molar-refractivity contribution in [2.45, 2.75) is 43.9 Å². The predicted molar refractivity (Wildman–Crippen MR) is 125 cm³/mol. The van der Waals surface area contributed by atoms with Gasteiger partial charge in [0.1, 0.15) is 0 Å². The van der Waals surface area contributed by atoms with E-state index in [0.29, 0.717) is 51.9 Å². The van der Waals surface area contributed by atoms with E-state index in [2.05, 4.69) is 11.4 Å². The van der Waals surface area contributed by atoms with E-state index in [1.807, 2.05) is 11.4 Å². The van der Waals surface area contributed by atoms with Crippen molar-refractivity contribution < 1.29 is 18.0 Å². The summed E-state index contributed by atoms with van der Waals surface area (Å²) < 4.78 is 27.8. The Bertz CT molecular complexity index is 1070. The number of benzene rings is 1. The van der Waals surface area contributed by atoms with E-state index in [1.165, 1.54) is 16.1 Å². The number of anilines is 1. The van der Waals surface area contributed by atoms with Gasteiger partial charge in [-0.15, -0.1) is 11.3 Å². The summed E-state index contributed by atoms with van der Waals surface area (Å²) in [6.45, 7) is 3.59. The van der Waals surface area contributed by atoms with Gasteiger partial charge in [0.25, 0.3) is 0 Å². The van der Waals surface area contributed by atoms with Crippen LogP contribution in [0.5, 0.6) is 0 Å². The number of rotatable bonds is 7.